The van der Waals surface area contributed by atoms with Gasteiger partial charge in [0.25, 0.3) is 0 Å². The second kappa shape index (κ2) is 14.4. The van der Waals surface area contributed by atoms with Gasteiger partial charge >= 0.3 is 6.18 Å². The highest BCUT2D eigenvalue weighted by atomic mass is 19.4. The normalized spacial score (nSPS) is 21.6. The number of benzene rings is 1. The number of unbranched alkanes of at least 4 members (excludes halogenated alkanes) is 1. The quantitative estimate of drug-likeness (QED) is 0.198. The molecule has 44 heavy (non-hydrogen) atoms. The monoisotopic (exact) mass is 600 g/mol. The average molecular weight is 601 g/mol. The number of hydrogen-bond acceptors (Lipinski definition) is 3. The van der Waals surface area contributed by atoms with Crippen molar-refractivity contribution in [2.45, 2.75) is 77.8 Å². The fourth-order valence-electron chi connectivity index (χ4n) is 6.32. The van der Waals surface area contributed by atoms with Gasteiger partial charge in [0.05, 0.1) is 5.92 Å². The van der Waals surface area contributed by atoms with Gasteiger partial charge in [-0.3, -0.25) is 9.79 Å². The van der Waals surface area contributed by atoms with E-state index in [0.29, 0.717) is 24.2 Å². The Morgan fingerprint density at radius 1 is 1.11 bits per heavy atom. The summed E-state index contributed by atoms with van der Waals surface area (Å²) in [5.41, 5.74) is 8.45. The number of fused-ring (bicyclic) bond motifs is 1. The standard InChI is InChI=1S/C38H43F3N2O/c1-3-35(38(39,40)41)27(2)9-5-4-6-10-28-13-15-29(16-14-28)32-19-20-33-26-42-22-21-36(34(33)25-32)43-23-7-11-30(12-8-24-43)37(44)31-17-18-31/h6,9-11,13-16,19,21-22,25-26,31,35H,3-5,7-8,12,17-18,20,23-24H2,1-2H3/b10-6+,27-9-,30-11-. The lowest BCUT2D eigenvalue weighted by molar-refractivity contribution is -0.164. The molecule has 1 aromatic rings. The van der Waals surface area contributed by atoms with E-state index in [1.807, 2.05) is 24.6 Å². The van der Waals surface area contributed by atoms with Crippen LogP contribution in [0, 0.1) is 11.8 Å². The molecule has 2 heterocycles. The molecule has 1 fully saturated rings. The van der Waals surface area contributed by atoms with Crippen molar-refractivity contribution >= 4 is 23.6 Å². The number of hydrogen-bond donors (Lipinski definition) is 0. The molecule has 0 N–H and O–H groups in total. The van der Waals surface area contributed by atoms with Gasteiger partial charge in [0.2, 0.25) is 0 Å². The van der Waals surface area contributed by atoms with E-state index < -0.39 is 12.1 Å². The van der Waals surface area contributed by atoms with Crippen LogP contribution in [0.15, 0.2) is 99.9 Å². The van der Waals surface area contributed by atoms with Crippen LogP contribution < -0.4 is 0 Å². The molecule has 0 radical (unpaired) electrons. The van der Waals surface area contributed by atoms with Crippen LogP contribution in [0.2, 0.25) is 0 Å². The third-order valence-corrected chi connectivity index (χ3v) is 8.99. The maximum absolute atomic E-state index is 13.1. The van der Waals surface area contributed by atoms with E-state index >= 15 is 0 Å². The second-order valence-electron chi connectivity index (χ2n) is 12.2. The summed E-state index contributed by atoms with van der Waals surface area (Å²) in [6.07, 6.45) is 21.3. The van der Waals surface area contributed by atoms with E-state index in [1.165, 1.54) is 22.4 Å². The molecule has 1 unspecified atom stereocenters. The van der Waals surface area contributed by atoms with Gasteiger partial charge in [-0.1, -0.05) is 67.1 Å². The first-order chi connectivity index (χ1) is 21.2. The van der Waals surface area contributed by atoms with Crippen molar-refractivity contribution in [1.29, 1.82) is 0 Å². The van der Waals surface area contributed by atoms with Gasteiger partial charge in [-0.25, -0.2) is 0 Å². The number of allylic oxidation sites excluding steroid dienone is 9. The molecule has 232 valence electrons. The third kappa shape index (κ3) is 8.08. The Labute approximate surface area is 260 Å². The summed E-state index contributed by atoms with van der Waals surface area (Å²) in [5, 5.41) is 0. The first-order valence-electron chi connectivity index (χ1n) is 16.1. The maximum atomic E-state index is 13.1. The van der Waals surface area contributed by atoms with Crippen molar-refractivity contribution in [3.8, 4) is 0 Å². The Balaban J connectivity index is 1.22. The summed E-state index contributed by atoms with van der Waals surface area (Å²) < 4.78 is 39.4. The zero-order valence-corrected chi connectivity index (χ0v) is 25.9. The molecule has 1 aromatic carbocycles. The average Bonchev–Trinajstić information content (AvgIpc) is 3.84. The summed E-state index contributed by atoms with van der Waals surface area (Å²) in [7, 11) is 0. The number of ketones is 1. The largest absolute Gasteiger partial charge is 0.395 e. The van der Waals surface area contributed by atoms with Crippen LogP contribution in [-0.4, -0.2) is 36.2 Å². The summed E-state index contributed by atoms with van der Waals surface area (Å²) in [5.74, 6) is -0.685. The Kier molecular flexibility index (Phi) is 10.4. The summed E-state index contributed by atoms with van der Waals surface area (Å²) in [6.45, 7) is 4.96. The van der Waals surface area contributed by atoms with Crippen LogP contribution >= 0.6 is 0 Å². The molecule has 1 atom stereocenters. The molecule has 0 amide bonds. The van der Waals surface area contributed by atoms with Crippen molar-refractivity contribution in [3.63, 3.8) is 0 Å². The lowest BCUT2D eigenvalue weighted by atomic mass is 9.88. The zero-order chi connectivity index (χ0) is 31.1. The maximum Gasteiger partial charge on any atom is 0.395 e. The molecule has 0 saturated heterocycles. The number of alkyl halides is 3. The smallest absolute Gasteiger partial charge is 0.371 e. The van der Waals surface area contributed by atoms with E-state index in [4.69, 9.17) is 0 Å². The van der Waals surface area contributed by atoms with Crippen molar-refractivity contribution in [2.75, 3.05) is 13.1 Å². The van der Waals surface area contributed by atoms with Crippen LogP contribution in [-0.2, 0) is 4.79 Å². The molecule has 6 heteroatoms. The number of rotatable bonds is 10. The van der Waals surface area contributed by atoms with Crippen LogP contribution in [0.25, 0.3) is 11.6 Å². The zero-order valence-electron chi connectivity index (χ0n) is 25.9. The highest BCUT2D eigenvalue weighted by Crippen LogP contribution is 2.37. The lowest BCUT2D eigenvalue weighted by Gasteiger charge is -2.31. The summed E-state index contributed by atoms with van der Waals surface area (Å²) in [6, 6.07) is 8.44. The second-order valence-corrected chi connectivity index (χ2v) is 12.2. The number of carbonyl (C=O) groups excluding carboxylic acids is 1. The molecule has 3 nitrogen and oxygen atoms in total. The van der Waals surface area contributed by atoms with Crippen molar-refractivity contribution in [1.82, 2.24) is 4.90 Å². The molecule has 0 aromatic heterocycles. The predicted octanol–water partition coefficient (Wildman–Crippen LogP) is 9.97. The van der Waals surface area contributed by atoms with Crippen molar-refractivity contribution < 1.29 is 18.0 Å². The molecule has 0 bridgehead atoms. The van der Waals surface area contributed by atoms with Crippen LogP contribution in [0.1, 0.15) is 82.8 Å². The fourth-order valence-corrected chi connectivity index (χ4v) is 6.32. The van der Waals surface area contributed by atoms with Crippen LogP contribution in [0.4, 0.5) is 13.2 Å². The van der Waals surface area contributed by atoms with E-state index in [9.17, 15) is 18.0 Å². The number of Topliss-reactive ketones (excluding diaryl/α,β-unsaturated/α-hetero) is 1. The minimum atomic E-state index is -4.18. The van der Waals surface area contributed by atoms with Crippen LogP contribution in [0.5, 0.6) is 0 Å². The number of nitrogens with zero attached hydrogens (tertiary/aromatic N) is 2. The minimum Gasteiger partial charge on any atom is -0.371 e. The molecule has 4 aliphatic rings. The number of aliphatic imine (C=N–C) groups is 1. The predicted molar refractivity (Wildman–Crippen MR) is 175 cm³/mol. The summed E-state index contributed by atoms with van der Waals surface area (Å²) >= 11 is 0. The van der Waals surface area contributed by atoms with Gasteiger partial charge in [-0.2, -0.15) is 13.2 Å². The Morgan fingerprint density at radius 2 is 1.91 bits per heavy atom. The molecule has 2 aliphatic heterocycles. The molecule has 1 saturated carbocycles. The van der Waals surface area contributed by atoms with Gasteiger partial charge in [-0.15, -0.1) is 0 Å². The van der Waals surface area contributed by atoms with Gasteiger partial charge in [-0.05, 0) is 105 Å². The van der Waals surface area contributed by atoms with Crippen molar-refractivity contribution in [2.24, 2.45) is 16.8 Å². The Hall–Kier alpha value is -3.67. The summed E-state index contributed by atoms with van der Waals surface area (Å²) in [4.78, 5) is 19.6. The Bertz CT molecular complexity index is 1460. The SMILES string of the molecule is CCC(/C(C)=C\CC/C=C/c1ccc(C2=CCC3=CN=CC=C(N4CC/C=C(\C(=O)C5CC5)CCC4)C3=C2)cc1)C(F)(F)F. The van der Waals surface area contributed by atoms with E-state index in [2.05, 4.69) is 58.5 Å². The number of carbonyl (C=O) groups is 1. The third-order valence-electron chi connectivity index (χ3n) is 8.99. The van der Waals surface area contributed by atoms with Gasteiger partial charge in [0, 0.05) is 42.7 Å². The first kappa shape index (κ1) is 31.7. The Morgan fingerprint density at radius 3 is 2.64 bits per heavy atom. The van der Waals surface area contributed by atoms with Crippen molar-refractivity contribution in [3.05, 3.63) is 106 Å². The molecule has 0 spiro atoms. The number of halogens is 3. The van der Waals surface area contributed by atoms with E-state index in [-0.39, 0.29) is 12.3 Å². The molecular weight excluding hydrogens is 557 g/mol. The fraction of sp³-hybridized carbons (Fsp3) is 0.421. The molecule has 5 rings (SSSR count). The molecule has 2 aliphatic carbocycles. The lowest BCUT2D eigenvalue weighted by Crippen LogP contribution is -2.28. The van der Waals surface area contributed by atoms with Gasteiger partial charge < -0.3 is 4.90 Å². The highest BCUT2D eigenvalue weighted by Gasteiger charge is 2.38. The highest BCUT2D eigenvalue weighted by molar-refractivity contribution is 5.98. The minimum absolute atomic E-state index is 0.0736. The van der Waals surface area contributed by atoms with Gasteiger partial charge in [0.15, 0.2) is 5.78 Å². The molecular formula is C38H43F3N2O. The topological polar surface area (TPSA) is 32.7 Å². The van der Waals surface area contributed by atoms with E-state index in [1.54, 1.807) is 19.9 Å². The van der Waals surface area contributed by atoms with Gasteiger partial charge in [0.1, 0.15) is 0 Å². The first-order valence-corrected chi connectivity index (χ1v) is 16.1. The van der Waals surface area contributed by atoms with E-state index in [0.717, 1.165) is 68.3 Å². The van der Waals surface area contributed by atoms with Crippen LogP contribution in [0.3, 0.4) is 0 Å².